The number of hydrogen-bond acceptors (Lipinski definition) is 9. The third kappa shape index (κ3) is 3.20. The first kappa shape index (κ1) is 17.4. The number of anilines is 1. The van der Waals surface area contributed by atoms with Crippen LogP contribution in [0.5, 0.6) is 0 Å². The third-order valence-corrected chi connectivity index (χ3v) is 5.14. The average Bonchev–Trinajstić information content (AvgIpc) is 3.07. The number of nitrogens with zero attached hydrogens (tertiary/aromatic N) is 4. The lowest BCUT2D eigenvalue weighted by Crippen LogP contribution is -2.32. The van der Waals surface area contributed by atoms with E-state index in [1.165, 1.54) is 6.33 Å². The van der Waals surface area contributed by atoms with Crippen LogP contribution < -0.4 is 11.5 Å². The summed E-state index contributed by atoms with van der Waals surface area (Å²) in [4.78, 5) is 12.5. The SMILES string of the molecule is Cc1nc(N)nc2c1ncn2[C@@H]1O[C@H](CSCCCN)[C@@H](O)[C@H]1O. The van der Waals surface area contributed by atoms with Crippen LogP contribution in [0.25, 0.3) is 11.2 Å². The van der Waals surface area contributed by atoms with Crippen molar-refractivity contribution < 1.29 is 14.9 Å². The minimum atomic E-state index is -1.07. The van der Waals surface area contributed by atoms with Crippen molar-refractivity contribution in [2.24, 2.45) is 5.73 Å². The summed E-state index contributed by atoms with van der Waals surface area (Å²) in [5.41, 5.74) is 12.9. The van der Waals surface area contributed by atoms with Crippen molar-refractivity contribution in [1.29, 1.82) is 0 Å². The van der Waals surface area contributed by atoms with Gasteiger partial charge in [0, 0.05) is 5.75 Å². The Labute approximate surface area is 143 Å². The predicted octanol–water partition coefficient (Wildman–Crippen LogP) is -0.582. The molecule has 10 heteroatoms. The number of aliphatic hydroxyl groups is 2. The summed E-state index contributed by atoms with van der Waals surface area (Å²) in [6.45, 7) is 2.42. The molecule has 4 atom stereocenters. The maximum atomic E-state index is 10.4. The number of hydrogen-bond donors (Lipinski definition) is 4. The standard InChI is InChI=1S/C14H22N6O3S/c1-7-9-12(19-14(16)18-7)20(6-17-9)13-11(22)10(21)8(23-13)5-24-4-2-3-15/h6,8,10-11,13,21-22H,2-5,15H2,1H3,(H2,16,18,19)/t8-,10-,11-,13-/m1/s1. The maximum Gasteiger partial charge on any atom is 0.222 e. The van der Waals surface area contributed by atoms with E-state index in [1.54, 1.807) is 23.3 Å². The summed E-state index contributed by atoms with van der Waals surface area (Å²) < 4.78 is 7.46. The van der Waals surface area contributed by atoms with Gasteiger partial charge in [-0.2, -0.15) is 16.7 Å². The number of ether oxygens (including phenoxy) is 1. The number of nitrogen functional groups attached to an aromatic ring is 1. The van der Waals surface area contributed by atoms with E-state index in [4.69, 9.17) is 16.2 Å². The van der Waals surface area contributed by atoms with Crippen LogP contribution in [0.3, 0.4) is 0 Å². The second-order valence-electron chi connectivity index (χ2n) is 5.75. The second kappa shape index (κ2) is 7.19. The molecule has 0 aliphatic carbocycles. The van der Waals surface area contributed by atoms with Gasteiger partial charge in [0.1, 0.15) is 17.7 Å². The lowest BCUT2D eigenvalue weighted by molar-refractivity contribution is -0.0288. The number of aromatic nitrogens is 4. The molecule has 1 fully saturated rings. The van der Waals surface area contributed by atoms with Crippen molar-refractivity contribution in [1.82, 2.24) is 19.5 Å². The van der Waals surface area contributed by atoms with Crippen molar-refractivity contribution >= 4 is 28.9 Å². The normalized spacial score (nSPS) is 27.2. The number of imidazole rings is 1. The largest absolute Gasteiger partial charge is 0.387 e. The van der Waals surface area contributed by atoms with Gasteiger partial charge in [-0.25, -0.2) is 9.97 Å². The fraction of sp³-hybridized carbons (Fsp3) is 0.643. The van der Waals surface area contributed by atoms with Gasteiger partial charge >= 0.3 is 0 Å². The summed E-state index contributed by atoms with van der Waals surface area (Å²) in [6.07, 6.45) is -0.848. The lowest BCUT2D eigenvalue weighted by atomic mass is 10.1. The Balaban J connectivity index is 1.80. The topological polar surface area (TPSA) is 145 Å². The fourth-order valence-electron chi connectivity index (χ4n) is 2.75. The highest BCUT2D eigenvalue weighted by Crippen LogP contribution is 2.33. The van der Waals surface area contributed by atoms with Crippen molar-refractivity contribution in [2.45, 2.75) is 37.9 Å². The van der Waals surface area contributed by atoms with E-state index in [0.717, 1.165) is 12.2 Å². The average molecular weight is 354 g/mol. The molecule has 0 amide bonds. The van der Waals surface area contributed by atoms with E-state index in [1.807, 2.05) is 0 Å². The molecule has 9 nitrogen and oxygen atoms in total. The fourth-order valence-corrected chi connectivity index (χ4v) is 3.79. The van der Waals surface area contributed by atoms with Gasteiger partial charge in [0.2, 0.25) is 5.95 Å². The number of nitrogens with two attached hydrogens (primary N) is 2. The molecular weight excluding hydrogens is 332 g/mol. The lowest BCUT2D eigenvalue weighted by Gasteiger charge is -2.16. The molecule has 0 saturated carbocycles. The molecule has 132 valence electrons. The number of fused-ring (bicyclic) bond motifs is 1. The predicted molar refractivity (Wildman–Crippen MR) is 91.4 cm³/mol. The minimum absolute atomic E-state index is 0.128. The zero-order valence-electron chi connectivity index (χ0n) is 13.4. The molecule has 0 aromatic carbocycles. The van der Waals surface area contributed by atoms with Crippen molar-refractivity contribution in [3.8, 4) is 0 Å². The van der Waals surface area contributed by atoms with Crippen LogP contribution in [0.1, 0.15) is 18.3 Å². The van der Waals surface area contributed by atoms with Crippen molar-refractivity contribution in [2.75, 3.05) is 23.8 Å². The van der Waals surface area contributed by atoms with E-state index < -0.39 is 24.5 Å². The summed E-state index contributed by atoms with van der Waals surface area (Å²) in [6, 6.07) is 0. The highest BCUT2D eigenvalue weighted by atomic mass is 32.2. The summed E-state index contributed by atoms with van der Waals surface area (Å²) in [5.74, 6) is 1.60. The molecule has 1 aliphatic heterocycles. The molecule has 6 N–H and O–H groups in total. The summed E-state index contributed by atoms with van der Waals surface area (Å²) in [5, 5.41) is 20.6. The Morgan fingerprint density at radius 3 is 2.88 bits per heavy atom. The smallest absolute Gasteiger partial charge is 0.222 e. The zero-order chi connectivity index (χ0) is 17.3. The van der Waals surface area contributed by atoms with E-state index in [0.29, 0.717) is 29.2 Å². The number of aryl methyl sites for hydroxylation is 1. The van der Waals surface area contributed by atoms with Crippen LogP contribution in [-0.4, -0.2) is 66.1 Å². The van der Waals surface area contributed by atoms with Crippen LogP contribution in [-0.2, 0) is 4.74 Å². The van der Waals surface area contributed by atoms with Gasteiger partial charge in [-0.1, -0.05) is 0 Å². The first-order valence-corrected chi connectivity index (χ1v) is 8.94. The second-order valence-corrected chi connectivity index (χ2v) is 6.90. The molecule has 3 rings (SSSR count). The van der Waals surface area contributed by atoms with Crippen LogP contribution in [0, 0.1) is 6.92 Å². The van der Waals surface area contributed by atoms with Gasteiger partial charge in [-0.05, 0) is 25.6 Å². The van der Waals surface area contributed by atoms with E-state index in [2.05, 4.69) is 15.0 Å². The molecule has 2 aromatic rings. The Kier molecular flexibility index (Phi) is 5.21. The van der Waals surface area contributed by atoms with Gasteiger partial charge in [0.25, 0.3) is 0 Å². The molecular formula is C14H22N6O3S. The van der Waals surface area contributed by atoms with E-state index in [-0.39, 0.29) is 5.95 Å². The van der Waals surface area contributed by atoms with Crippen LogP contribution in [0.15, 0.2) is 6.33 Å². The van der Waals surface area contributed by atoms with Crippen LogP contribution in [0.4, 0.5) is 5.95 Å². The van der Waals surface area contributed by atoms with Gasteiger partial charge < -0.3 is 26.4 Å². The number of rotatable bonds is 6. The molecule has 0 bridgehead atoms. The highest BCUT2D eigenvalue weighted by Gasteiger charge is 2.44. The zero-order valence-corrected chi connectivity index (χ0v) is 14.2. The summed E-state index contributed by atoms with van der Waals surface area (Å²) in [7, 11) is 0. The van der Waals surface area contributed by atoms with E-state index in [9.17, 15) is 10.2 Å². The molecule has 0 unspecified atom stereocenters. The molecule has 3 heterocycles. The molecule has 1 aliphatic rings. The summed E-state index contributed by atoms with van der Waals surface area (Å²) >= 11 is 1.64. The molecule has 1 saturated heterocycles. The number of aliphatic hydroxyl groups excluding tert-OH is 2. The minimum Gasteiger partial charge on any atom is -0.387 e. The van der Waals surface area contributed by atoms with Gasteiger partial charge in [-0.3, -0.25) is 4.57 Å². The van der Waals surface area contributed by atoms with Crippen molar-refractivity contribution in [3.05, 3.63) is 12.0 Å². The molecule has 24 heavy (non-hydrogen) atoms. The van der Waals surface area contributed by atoms with Gasteiger partial charge in [0.15, 0.2) is 11.9 Å². The molecule has 0 spiro atoms. The van der Waals surface area contributed by atoms with Crippen LogP contribution in [0.2, 0.25) is 0 Å². The highest BCUT2D eigenvalue weighted by molar-refractivity contribution is 7.99. The quantitative estimate of drug-likeness (QED) is 0.500. The monoisotopic (exact) mass is 354 g/mol. The maximum absolute atomic E-state index is 10.4. The van der Waals surface area contributed by atoms with Gasteiger partial charge in [0.05, 0.1) is 18.1 Å². The Morgan fingerprint density at radius 2 is 2.12 bits per heavy atom. The Bertz CT molecular complexity index is 711. The Hall–Kier alpha value is -1.46. The molecule has 0 radical (unpaired) electrons. The Morgan fingerprint density at radius 1 is 1.33 bits per heavy atom. The van der Waals surface area contributed by atoms with Crippen LogP contribution >= 0.6 is 11.8 Å². The van der Waals surface area contributed by atoms with Gasteiger partial charge in [-0.15, -0.1) is 0 Å². The number of thioether (sulfide) groups is 1. The molecule has 2 aromatic heterocycles. The van der Waals surface area contributed by atoms with E-state index >= 15 is 0 Å². The first-order valence-electron chi connectivity index (χ1n) is 7.79. The third-order valence-electron chi connectivity index (χ3n) is 4.00. The first-order chi connectivity index (χ1) is 11.5. The van der Waals surface area contributed by atoms with Crippen molar-refractivity contribution in [3.63, 3.8) is 0 Å².